The van der Waals surface area contributed by atoms with Crippen molar-refractivity contribution in [2.45, 2.75) is 39.7 Å². The van der Waals surface area contributed by atoms with E-state index in [1.165, 1.54) is 16.0 Å². The van der Waals surface area contributed by atoms with Crippen molar-refractivity contribution in [3.63, 3.8) is 0 Å². The van der Waals surface area contributed by atoms with E-state index in [4.69, 9.17) is 0 Å². The van der Waals surface area contributed by atoms with Crippen LogP contribution in [0.2, 0.25) is 0 Å². The van der Waals surface area contributed by atoms with E-state index in [9.17, 15) is 0 Å². The summed E-state index contributed by atoms with van der Waals surface area (Å²) in [6.45, 7) is 10.2. The van der Waals surface area contributed by atoms with Crippen LogP contribution >= 0.6 is 35.3 Å². The van der Waals surface area contributed by atoms with E-state index in [2.05, 4.69) is 72.6 Å². The number of halogens is 1. The molecule has 0 atom stereocenters. The number of aromatic nitrogens is 1. The summed E-state index contributed by atoms with van der Waals surface area (Å²) in [4.78, 5) is 9.88. The number of aliphatic imine (C=N–C) groups is 1. The van der Waals surface area contributed by atoms with Crippen LogP contribution in [0, 0.1) is 13.8 Å². The summed E-state index contributed by atoms with van der Waals surface area (Å²) < 4.78 is 0. The van der Waals surface area contributed by atoms with Gasteiger partial charge in [0.1, 0.15) is 5.01 Å². The van der Waals surface area contributed by atoms with E-state index in [1.807, 2.05) is 6.20 Å². The lowest BCUT2D eigenvalue weighted by atomic mass is 9.84. The Morgan fingerprint density at radius 1 is 1.17 bits per heavy atom. The molecule has 0 saturated carbocycles. The van der Waals surface area contributed by atoms with Crippen molar-refractivity contribution in [3.05, 3.63) is 51.5 Å². The van der Waals surface area contributed by atoms with Crippen LogP contribution in [0.15, 0.2) is 35.5 Å². The Morgan fingerprint density at radius 2 is 1.83 bits per heavy atom. The first-order valence-corrected chi connectivity index (χ1v) is 8.65. The van der Waals surface area contributed by atoms with Gasteiger partial charge in [-0.2, -0.15) is 0 Å². The van der Waals surface area contributed by atoms with Gasteiger partial charge in [-0.05, 0) is 19.4 Å². The van der Waals surface area contributed by atoms with Crippen LogP contribution in [-0.2, 0) is 12.0 Å². The Labute approximate surface area is 166 Å². The van der Waals surface area contributed by atoms with Crippen LogP contribution in [0.4, 0.5) is 0 Å². The molecule has 0 aliphatic carbocycles. The third-order valence-electron chi connectivity index (χ3n) is 3.83. The summed E-state index contributed by atoms with van der Waals surface area (Å²) in [5, 5.41) is 7.81. The molecule has 0 spiro atoms. The maximum Gasteiger partial charge on any atom is 0.191 e. The molecule has 0 amide bonds. The third-order valence-corrected chi connectivity index (χ3v) is 4.74. The fourth-order valence-corrected chi connectivity index (χ4v) is 3.00. The molecule has 0 radical (unpaired) electrons. The van der Waals surface area contributed by atoms with E-state index in [1.54, 1.807) is 18.4 Å². The number of benzene rings is 1. The van der Waals surface area contributed by atoms with Crippen molar-refractivity contribution in [1.29, 1.82) is 0 Å². The van der Waals surface area contributed by atoms with E-state index in [0.29, 0.717) is 6.54 Å². The lowest BCUT2D eigenvalue weighted by Gasteiger charge is -2.27. The smallest absolute Gasteiger partial charge is 0.191 e. The quantitative estimate of drug-likeness (QED) is 0.404. The summed E-state index contributed by atoms with van der Waals surface area (Å²) in [7, 11) is 1.79. The summed E-state index contributed by atoms with van der Waals surface area (Å²) in [6.07, 6.45) is 1.90. The predicted molar refractivity (Wildman–Crippen MR) is 115 cm³/mol. The molecule has 1 aromatic heterocycles. The molecule has 1 aromatic carbocycles. The second kappa shape index (κ2) is 9.36. The maximum atomic E-state index is 4.36. The zero-order valence-electron chi connectivity index (χ0n) is 15.0. The number of guanidine groups is 1. The first kappa shape index (κ1) is 20.9. The van der Waals surface area contributed by atoms with Crippen LogP contribution < -0.4 is 10.6 Å². The van der Waals surface area contributed by atoms with Crippen LogP contribution in [0.25, 0.3) is 0 Å². The lowest BCUT2D eigenvalue weighted by Crippen LogP contribution is -2.43. The Kier molecular flexibility index (Phi) is 8.15. The van der Waals surface area contributed by atoms with Crippen molar-refractivity contribution < 1.29 is 0 Å². The normalized spacial score (nSPS) is 11.8. The molecule has 4 nitrogen and oxygen atoms in total. The van der Waals surface area contributed by atoms with Gasteiger partial charge in [0.15, 0.2) is 5.96 Å². The average molecular weight is 458 g/mol. The topological polar surface area (TPSA) is 49.3 Å². The molecule has 2 aromatic rings. The minimum atomic E-state index is 0. The molecule has 0 aliphatic heterocycles. The van der Waals surface area contributed by atoms with E-state index in [-0.39, 0.29) is 29.4 Å². The number of nitrogens with one attached hydrogen (secondary N) is 2. The first-order valence-electron chi connectivity index (χ1n) is 7.84. The molecule has 2 N–H and O–H groups in total. The summed E-state index contributed by atoms with van der Waals surface area (Å²) in [5.41, 5.74) is 2.64. The van der Waals surface area contributed by atoms with Crippen LogP contribution in [0.1, 0.15) is 34.9 Å². The molecule has 1 heterocycles. The number of aryl methyl sites for hydroxylation is 2. The standard InChI is InChI=1S/C18H26N4S.HI/c1-13-6-8-15(9-7-13)18(3,4)12-22-17(19-5)21-11-16-20-10-14(2)23-16;/h6-10H,11-12H2,1-5H3,(H2,19,21,22);1H. The van der Waals surface area contributed by atoms with Gasteiger partial charge < -0.3 is 10.6 Å². The monoisotopic (exact) mass is 458 g/mol. The molecule has 0 saturated heterocycles. The molecular weight excluding hydrogens is 431 g/mol. The van der Waals surface area contributed by atoms with Crippen molar-refractivity contribution in [3.8, 4) is 0 Å². The Hall–Kier alpha value is -1.15. The highest BCUT2D eigenvalue weighted by Gasteiger charge is 2.20. The fourth-order valence-electron chi connectivity index (χ4n) is 2.27. The summed E-state index contributed by atoms with van der Waals surface area (Å²) in [6, 6.07) is 8.72. The van der Waals surface area contributed by atoms with Crippen LogP contribution in [0.3, 0.4) is 0 Å². The molecule has 0 unspecified atom stereocenters. The number of rotatable bonds is 5. The van der Waals surface area contributed by atoms with Crippen LogP contribution in [0.5, 0.6) is 0 Å². The molecule has 0 aliphatic rings. The molecular formula is C18H27IN4S. The second-order valence-corrected chi connectivity index (χ2v) is 7.71. The Balaban J connectivity index is 0.00000288. The molecule has 2 rings (SSSR count). The number of hydrogen-bond donors (Lipinski definition) is 2. The second-order valence-electron chi connectivity index (χ2n) is 6.39. The number of hydrogen-bond acceptors (Lipinski definition) is 3. The Bertz CT molecular complexity index is 662. The summed E-state index contributed by atoms with van der Waals surface area (Å²) >= 11 is 1.71. The van der Waals surface area contributed by atoms with E-state index >= 15 is 0 Å². The van der Waals surface area contributed by atoms with Gasteiger partial charge in [-0.1, -0.05) is 43.7 Å². The first-order chi connectivity index (χ1) is 10.9. The zero-order chi connectivity index (χ0) is 16.9. The molecule has 24 heavy (non-hydrogen) atoms. The van der Waals surface area contributed by atoms with Crippen LogP contribution in [-0.4, -0.2) is 24.5 Å². The summed E-state index contributed by atoms with van der Waals surface area (Å²) in [5.74, 6) is 0.804. The Morgan fingerprint density at radius 3 is 2.38 bits per heavy atom. The molecule has 6 heteroatoms. The SMILES string of the molecule is CN=C(NCc1ncc(C)s1)NCC(C)(C)c1ccc(C)cc1.I. The van der Waals surface area contributed by atoms with Gasteiger partial charge in [0.2, 0.25) is 0 Å². The largest absolute Gasteiger partial charge is 0.356 e. The van der Waals surface area contributed by atoms with Gasteiger partial charge in [0.25, 0.3) is 0 Å². The highest BCUT2D eigenvalue weighted by Crippen LogP contribution is 2.22. The minimum absolute atomic E-state index is 0. The van der Waals surface area contributed by atoms with E-state index < -0.39 is 0 Å². The van der Waals surface area contributed by atoms with Gasteiger partial charge in [0.05, 0.1) is 6.54 Å². The fraction of sp³-hybridized carbons (Fsp3) is 0.444. The van der Waals surface area contributed by atoms with Crippen molar-refractivity contribution in [2.75, 3.05) is 13.6 Å². The maximum absolute atomic E-state index is 4.36. The van der Waals surface area contributed by atoms with E-state index in [0.717, 1.165) is 17.5 Å². The average Bonchev–Trinajstić information content (AvgIpc) is 2.93. The molecule has 0 fully saturated rings. The number of nitrogens with zero attached hydrogens (tertiary/aromatic N) is 2. The highest BCUT2D eigenvalue weighted by molar-refractivity contribution is 14.0. The van der Waals surface area contributed by atoms with Gasteiger partial charge in [-0.25, -0.2) is 4.98 Å². The van der Waals surface area contributed by atoms with Gasteiger partial charge in [0, 0.05) is 30.1 Å². The van der Waals surface area contributed by atoms with Crippen molar-refractivity contribution >= 4 is 41.3 Å². The van der Waals surface area contributed by atoms with Gasteiger partial charge in [-0.3, -0.25) is 4.99 Å². The van der Waals surface area contributed by atoms with Crippen molar-refractivity contribution in [1.82, 2.24) is 15.6 Å². The zero-order valence-corrected chi connectivity index (χ0v) is 18.2. The highest BCUT2D eigenvalue weighted by atomic mass is 127. The molecule has 0 bridgehead atoms. The molecule has 132 valence electrons. The third kappa shape index (κ3) is 6.05. The van der Waals surface area contributed by atoms with Gasteiger partial charge >= 0.3 is 0 Å². The minimum Gasteiger partial charge on any atom is -0.356 e. The van der Waals surface area contributed by atoms with Gasteiger partial charge in [-0.15, -0.1) is 35.3 Å². The predicted octanol–water partition coefficient (Wildman–Crippen LogP) is 4.02. The van der Waals surface area contributed by atoms with Crippen molar-refractivity contribution in [2.24, 2.45) is 4.99 Å². The lowest BCUT2D eigenvalue weighted by molar-refractivity contribution is 0.508. The number of thiazole rings is 1.